The summed E-state index contributed by atoms with van der Waals surface area (Å²) in [6.45, 7) is 10.1. The summed E-state index contributed by atoms with van der Waals surface area (Å²) in [5.74, 6) is 1.72. The SMILES string of the molecule is CCCNCc1c(C)nn(C)c1Oc1cc(C)ccc1C. The zero-order chi connectivity index (χ0) is 15.4. The number of rotatable bonds is 6. The number of nitrogens with one attached hydrogen (secondary N) is 1. The molecule has 0 saturated carbocycles. The zero-order valence-corrected chi connectivity index (χ0v) is 13.7. The van der Waals surface area contributed by atoms with E-state index in [0.717, 1.165) is 48.0 Å². The molecule has 0 aliphatic carbocycles. The first kappa shape index (κ1) is 15.6. The van der Waals surface area contributed by atoms with E-state index in [-0.39, 0.29) is 0 Å². The first-order valence-electron chi connectivity index (χ1n) is 7.51. The molecular weight excluding hydrogens is 262 g/mol. The molecule has 2 rings (SSSR count). The largest absolute Gasteiger partial charge is 0.439 e. The normalized spacial score (nSPS) is 10.9. The highest BCUT2D eigenvalue weighted by atomic mass is 16.5. The van der Waals surface area contributed by atoms with E-state index >= 15 is 0 Å². The number of aromatic nitrogens is 2. The molecule has 1 N–H and O–H groups in total. The van der Waals surface area contributed by atoms with Crippen LogP contribution in [-0.2, 0) is 13.6 Å². The third-order valence-corrected chi connectivity index (χ3v) is 3.57. The molecule has 4 nitrogen and oxygen atoms in total. The average Bonchev–Trinajstić information content (AvgIpc) is 2.70. The van der Waals surface area contributed by atoms with E-state index in [0.29, 0.717) is 0 Å². The van der Waals surface area contributed by atoms with Crippen molar-refractivity contribution in [2.24, 2.45) is 7.05 Å². The van der Waals surface area contributed by atoms with Gasteiger partial charge in [-0.1, -0.05) is 19.1 Å². The second-order valence-electron chi connectivity index (χ2n) is 5.54. The van der Waals surface area contributed by atoms with Crippen molar-refractivity contribution in [2.75, 3.05) is 6.54 Å². The molecule has 0 aliphatic rings. The minimum absolute atomic E-state index is 0.785. The summed E-state index contributed by atoms with van der Waals surface area (Å²) in [7, 11) is 1.93. The van der Waals surface area contributed by atoms with Gasteiger partial charge >= 0.3 is 0 Å². The van der Waals surface area contributed by atoms with E-state index in [9.17, 15) is 0 Å². The lowest BCUT2D eigenvalue weighted by atomic mass is 10.1. The first-order chi connectivity index (χ1) is 10.0. The molecule has 1 aromatic heterocycles. The van der Waals surface area contributed by atoms with Crippen molar-refractivity contribution in [1.82, 2.24) is 15.1 Å². The highest BCUT2D eigenvalue weighted by molar-refractivity contribution is 5.41. The van der Waals surface area contributed by atoms with Gasteiger partial charge in [-0.05, 0) is 50.9 Å². The number of aryl methyl sites for hydroxylation is 4. The molecule has 0 saturated heterocycles. The van der Waals surface area contributed by atoms with Crippen molar-refractivity contribution in [3.05, 3.63) is 40.6 Å². The Morgan fingerprint density at radius 2 is 2.00 bits per heavy atom. The Kier molecular flexibility index (Phi) is 5.02. The standard InChI is InChI=1S/C17H25N3O/c1-6-9-18-11-15-14(4)19-20(5)17(15)21-16-10-12(2)7-8-13(16)3/h7-8,10,18H,6,9,11H2,1-5H3. The summed E-state index contributed by atoms with van der Waals surface area (Å²) in [6, 6.07) is 6.25. The molecular formula is C17H25N3O. The van der Waals surface area contributed by atoms with Crippen molar-refractivity contribution < 1.29 is 4.74 Å². The van der Waals surface area contributed by atoms with Gasteiger partial charge in [-0.3, -0.25) is 0 Å². The minimum atomic E-state index is 0.785. The summed E-state index contributed by atoms with van der Waals surface area (Å²) in [6.07, 6.45) is 1.12. The molecule has 0 atom stereocenters. The predicted molar refractivity (Wildman–Crippen MR) is 85.9 cm³/mol. The average molecular weight is 287 g/mol. The molecule has 1 heterocycles. The van der Waals surface area contributed by atoms with Gasteiger partial charge in [-0.15, -0.1) is 0 Å². The van der Waals surface area contributed by atoms with Crippen LogP contribution < -0.4 is 10.1 Å². The number of benzene rings is 1. The van der Waals surface area contributed by atoms with Crippen LogP contribution in [0.25, 0.3) is 0 Å². The number of hydrogen-bond acceptors (Lipinski definition) is 3. The molecule has 0 spiro atoms. The Balaban J connectivity index is 2.28. The van der Waals surface area contributed by atoms with Crippen LogP contribution in [0.2, 0.25) is 0 Å². The van der Waals surface area contributed by atoms with Gasteiger partial charge < -0.3 is 10.1 Å². The number of ether oxygens (including phenoxy) is 1. The Hall–Kier alpha value is -1.81. The molecule has 0 unspecified atom stereocenters. The Bertz CT molecular complexity index is 617. The van der Waals surface area contributed by atoms with Crippen LogP contribution in [0.5, 0.6) is 11.6 Å². The van der Waals surface area contributed by atoms with Gasteiger partial charge in [0, 0.05) is 13.6 Å². The quantitative estimate of drug-likeness (QED) is 0.824. The van der Waals surface area contributed by atoms with Crippen LogP contribution in [0.15, 0.2) is 18.2 Å². The summed E-state index contributed by atoms with van der Waals surface area (Å²) in [5.41, 5.74) is 4.47. The van der Waals surface area contributed by atoms with Gasteiger partial charge in [0.15, 0.2) is 0 Å². The van der Waals surface area contributed by atoms with E-state index < -0.39 is 0 Å². The van der Waals surface area contributed by atoms with E-state index in [2.05, 4.69) is 49.4 Å². The predicted octanol–water partition coefficient (Wildman–Crippen LogP) is 3.64. The van der Waals surface area contributed by atoms with Crippen LogP contribution in [0.3, 0.4) is 0 Å². The number of nitrogens with zero attached hydrogens (tertiary/aromatic N) is 2. The fourth-order valence-corrected chi connectivity index (χ4v) is 2.32. The molecule has 0 radical (unpaired) electrons. The molecule has 2 aromatic rings. The van der Waals surface area contributed by atoms with E-state index in [1.54, 1.807) is 0 Å². The summed E-state index contributed by atoms with van der Waals surface area (Å²) < 4.78 is 7.98. The first-order valence-corrected chi connectivity index (χ1v) is 7.51. The van der Waals surface area contributed by atoms with Crippen molar-refractivity contribution in [2.45, 2.75) is 40.7 Å². The van der Waals surface area contributed by atoms with Crippen molar-refractivity contribution in [1.29, 1.82) is 0 Å². The van der Waals surface area contributed by atoms with E-state index in [1.807, 2.05) is 18.7 Å². The maximum atomic E-state index is 6.16. The molecule has 0 aliphatic heterocycles. The minimum Gasteiger partial charge on any atom is -0.439 e. The van der Waals surface area contributed by atoms with Gasteiger partial charge in [0.05, 0.1) is 11.3 Å². The maximum Gasteiger partial charge on any atom is 0.222 e. The van der Waals surface area contributed by atoms with Crippen molar-refractivity contribution >= 4 is 0 Å². The summed E-state index contributed by atoms with van der Waals surface area (Å²) in [4.78, 5) is 0. The van der Waals surface area contributed by atoms with Crippen LogP contribution >= 0.6 is 0 Å². The lowest BCUT2D eigenvalue weighted by molar-refractivity contribution is 0.421. The maximum absolute atomic E-state index is 6.16. The van der Waals surface area contributed by atoms with Crippen LogP contribution in [0.4, 0.5) is 0 Å². The Morgan fingerprint density at radius 3 is 2.71 bits per heavy atom. The molecule has 4 heteroatoms. The Morgan fingerprint density at radius 1 is 1.24 bits per heavy atom. The van der Waals surface area contributed by atoms with Crippen molar-refractivity contribution in [3.63, 3.8) is 0 Å². The van der Waals surface area contributed by atoms with Gasteiger partial charge in [-0.25, -0.2) is 4.68 Å². The van der Waals surface area contributed by atoms with E-state index in [4.69, 9.17) is 4.74 Å². The van der Waals surface area contributed by atoms with E-state index in [1.165, 1.54) is 5.56 Å². The topological polar surface area (TPSA) is 39.1 Å². The molecule has 21 heavy (non-hydrogen) atoms. The second kappa shape index (κ2) is 6.76. The Labute approximate surface area is 127 Å². The fourth-order valence-electron chi connectivity index (χ4n) is 2.32. The van der Waals surface area contributed by atoms with Gasteiger partial charge in [-0.2, -0.15) is 5.10 Å². The summed E-state index contributed by atoms with van der Waals surface area (Å²) in [5, 5.41) is 7.91. The highest BCUT2D eigenvalue weighted by Gasteiger charge is 2.16. The van der Waals surface area contributed by atoms with Crippen molar-refractivity contribution in [3.8, 4) is 11.6 Å². The molecule has 0 bridgehead atoms. The third-order valence-electron chi connectivity index (χ3n) is 3.57. The lowest BCUT2D eigenvalue weighted by Crippen LogP contribution is -2.14. The van der Waals surface area contributed by atoms with Gasteiger partial charge in [0.2, 0.25) is 5.88 Å². The fraction of sp³-hybridized carbons (Fsp3) is 0.471. The number of hydrogen-bond donors (Lipinski definition) is 1. The summed E-state index contributed by atoms with van der Waals surface area (Å²) >= 11 is 0. The molecule has 114 valence electrons. The highest BCUT2D eigenvalue weighted by Crippen LogP contribution is 2.29. The monoisotopic (exact) mass is 287 g/mol. The van der Waals surface area contributed by atoms with Crippen LogP contribution in [0, 0.1) is 20.8 Å². The zero-order valence-electron chi connectivity index (χ0n) is 13.7. The van der Waals surface area contributed by atoms with Crippen LogP contribution in [-0.4, -0.2) is 16.3 Å². The smallest absolute Gasteiger partial charge is 0.222 e. The molecule has 0 fully saturated rings. The molecule has 1 aromatic carbocycles. The van der Waals surface area contributed by atoms with Gasteiger partial charge in [0.25, 0.3) is 0 Å². The third kappa shape index (κ3) is 3.64. The van der Waals surface area contributed by atoms with Crippen LogP contribution in [0.1, 0.15) is 35.7 Å². The second-order valence-corrected chi connectivity index (χ2v) is 5.54. The van der Waals surface area contributed by atoms with Gasteiger partial charge in [0.1, 0.15) is 5.75 Å². The molecule has 0 amide bonds. The lowest BCUT2D eigenvalue weighted by Gasteiger charge is -2.12.